The van der Waals surface area contributed by atoms with Gasteiger partial charge < -0.3 is 19.9 Å². The van der Waals surface area contributed by atoms with E-state index in [2.05, 4.69) is 6.07 Å². The third-order valence-corrected chi connectivity index (χ3v) is 7.15. The Morgan fingerprint density at radius 2 is 1.47 bits per heavy atom. The molecule has 1 aliphatic heterocycles. The van der Waals surface area contributed by atoms with Gasteiger partial charge in [0, 0.05) is 5.69 Å². The molecule has 214 valence electrons. The number of rotatable bonds is 8. The Hall–Kier alpha value is -5.81. The van der Waals surface area contributed by atoms with Crippen LogP contribution in [0.1, 0.15) is 17.0 Å². The lowest BCUT2D eigenvalue weighted by Crippen LogP contribution is -2.40. The standard InChI is InChI=1S/C35H29N3O5/c1-41-34(39)31-30(25-12-7-4-8-13-25)29(21-36)33(37)38(32(31)35(40)42-2)27-15-9-14-26(20-27)24-16-18-28(19-17-24)43-22-23-10-5-3-6-11-23/h3-20,30H,22,37H2,1-2H3. The number of methoxy groups -OCH3 is 2. The van der Waals surface area contributed by atoms with Crippen LogP contribution in [0, 0.1) is 11.3 Å². The van der Waals surface area contributed by atoms with Crippen molar-refractivity contribution in [1.29, 1.82) is 5.26 Å². The van der Waals surface area contributed by atoms with Gasteiger partial charge in [-0.15, -0.1) is 0 Å². The molecule has 1 aliphatic rings. The maximum absolute atomic E-state index is 13.4. The fourth-order valence-electron chi connectivity index (χ4n) is 5.09. The number of hydrogen-bond acceptors (Lipinski definition) is 8. The van der Waals surface area contributed by atoms with Crippen molar-refractivity contribution < 1.29 is 23.8 Å². The van der Waals surface area contributed by atoms with Gasteiger partial charge in [-0.25, -0.2) is 9.59 Å². The molecule has 0 saturated heterocycles. The van der Waals surface area contributed by atoms with Crippen molar-refractivity contribution in [2.75, 3.05) is 19.1 Å². The fourth-order valence-corrected chi connectivity index (χ4v) is 5.09. The lowest BCUT2D eigenvalue weighted by Gasteiger charge is -2.36. The van der Waals surface area contributed by atoms with Gasteiger partial charge in [0.2, 0.25) is 0 Å². The summed E-state index contributed by atoms with van der Waals surface area (Å²) in [6.45, 7) is 0.451. The molecule has 0 radical (unpaired) electrons. The molecule has 0 saturated carbocycles. The molecule has 8 nitrogen and oxygen atoms in total. The Morgan fingerprint density at radius 1 is 0.814 bits per heavy atom. The normalized spacial score (nSPS) is 14.6. The van der Waals surface area contributed by atoms with Gasteiger partial charge in [0.1, 0.15) is 23.9 Å². The van der Waals surface area contributed by atoms with E-state index < -0.39 is 17.9 Å². The highest BCUT2D eigenvalue weighted by molar-refractivity contribution is 6.06. The minimum absolute atomic E-state index is 0.00576. The van der Waals surface area contributed by atoms with Crippen molar-refractivity contribution in [2.45, 2.75) is 12.5 Å². The molecule has 0 aliphatic carbocycles. The number of ether oxygens (including phenoxy) is 3. The summed E-state index contributed by atoms with van der Waals surface area (Å²) in [6, 6.07) is 35.9. The second-order valence-corrected chi connectivity index (χ2v) is 9.68. The highest BCUT2D eigenvalue weighted by Gasteiger charge is 2.43. The van der Waals surface area contributed by atoms with Crippen LogP contribution in [0.25, 0.3) is 11.1 Å². The van der Waals surface area contributed by atoms with Crippen molar-refractivity contribution in [1.82, 2.24) is 0 Å². The summed E-state index contributed by atoms with van der Waals surface area (Å²) in [5, 5.41) is 10.3. The highest BCUT2D eigenvalue weighted by Crippen LogP contribution is 2.43. The zero-order chi connectivity index (χ0) is 30.3. The van der Waals surface area contributed by atoms with Crippen LogP contribution in [0.5, 0.6) is 5.75 Å². The first-order valence-corrected chi connectivity index (χ1v) is 13.5. The van der Waals surface area contributed by atoms with E-state index in [0.29, 0.717) is 17.9 Å². The topological polar surface area (TPSA) is 115 Å². The van der Waals surface area contributed by atoms with E-state index >= 15 is 0 Å². The minimum Gasteiger partial charge on any atom is -0.489 e. The van der Waals surface area contributed by atoms with Crippen molar-refractivity contribution >= 4 is 17.6 Å². The molecular formula is C35H29N3O5. The molecule has 0 fully saturated rings. The number of allylic oxidation sites excluding steroid dienone is 1. The van der Waals surface area contributed by atoms with Crippen LogP contribution >= 0.6 is 0 Å². The minimum atomic E-state index is -0.935. The average molecular weight is 572 g/mol. The summed E-state index contributed by atoms with van der Waals surface area (Å²) in [6.07, 6.45) is 0. The lowest BCUT2D eigenvalue weighted by atomic mass is 9.81. The number of nitrogens with two attached hydrogens (primary N) is 1. The number of nitrogens with zero attached hydrogens (tertiary/aromatic N) is 2. The Kier molecular flexibility index (Phi) is 8.54. The van der Waals surface area contributed by atoms with Crippen LogP contribution in [0.2, 0.25) is 0 Å². The van der Waals surface area contributed by atoms with Gasteiger partial charge in [-0.05, 0) is 46.5 Å². The van der Waals surface area contributed by atoms with Crippen LogP contribution in [0.3, 0.4) is 0 Å². The molecule has 1 heterocycles. The van der Waals surface area contributed by atoms with Crippen LogP contribution in [0.15, 0.2) is 132 Å². The summed E-state index contributed by atoms with van der Waals surface area (Å²) < 4.78 is 16.2. The van der Waals surface area contributed by atoms with Gasteiger partial charge in [0.15, 0.2) is 0 Å². The van der Waals surface area contributed by atoms with E-state index in [1.165, 1.54) is 19.1 Å². The predicted octanol–water partition coefficient (Wildman–Crippen LogP) is 5.83. The van der Waals surface area contributed by atoms with Crippen molar-refractivity contribution in [3.05, 3.63) is 143 Å². The second-order valence-electron chi connectivity index (χ2n) is 9.68. The largest absolute Gasteiger partial charge is 0.489 e. The number of anilines is 1. The van der Waals surface area contributed by atoms with Gasteiger partial charge in [0.05, 0.1) is 37.4 Å². The monoisotopic (exact) mass is 571 g/mol. The predicted molar refractivity (Wildman–Crippen MR) is 162 cm³/mol. The average Bonchev–Trinajstić information content (AvgIpc) is 3.07. The fraction of sp³-hybridized carbons (Fsp3) is 0.114. The van der Waals surface area contributed by atoms with E-state index in [-0.39, 0.29) is 22.7 Å². The van der Waals surface area contributed by atoms with E-state index in [1.807, 2.05) is 72.8 Å². The molecule has 0 aromatic heterocycles. The van der Waals surface area contributed by atoms with E-state index in [4.69, 9.17) is 19.9 Å². The van der Waals surface area contributed by atoms with Crippen LogP contribution in [-0.4, -0.2) is 26.2 Å². The Balaban J connectivity index is 1.57. The maximum Gasteiger partial charge on any atom is 0.355 e. The SMILES string of the molecule is COC(=O)C1=C(C(=O)OC)N(c2cccc(-c3ccc(OCc4ccccc4)cc3)c2)C(N)=C(C#N)C1c1ccccc1. The van der Waals surface area contributed by atoms with Crippen LogP contribution in [-0.2, 0) is 25.7 Å². The lowest BCUT2D eigenvalue weighted by molar-refractivity contribution is -0.139. The van der Waals surface area contributed by atoms with Gasteiger partial charge >= 0.3 is 11.9 Å². The number of carbonyl (C=O) groups excluding carboxylic acids is 2. The second kappa shape index (κ2) is 12.8. The number of carbonyl (C=O) groups is 2. The molecule has 2 N–H and O–H groups in total. The van der Waals surface area contributed by atoms with E-state index in [0.717, 1.165) is 22.4 Å². The molecule has 8 heteroatoms. The first-order chi connectivity index (χ1) is 21.0. The molecule has 1 atom stereocenters. The molecule has 0 bridgehead atoms. The Labute approximate surface area is 249 Å². The first kappa shape index (κ1) is 28.7. The summed E-state index contributed by atoms with van der Waals surface area (Å²) >= 11 is 0. The Bertz CT molecular complexity index is 1740. The summed E-state index contributed by atoms with van der Waals surface area (Å²) in [4.78, 5) is 28.0. The molecule has 4 aromatic carbocycles. The third kappa shape index (κ3) is 5.83. The number of nitriles is 1. The molecular weight excluding hydrogens is 542 g/mol. The van der Waals surface area contributed by atoms with Crippen molar-refractivity contribution in [3.8, 4) is 22.9 Å². The molecule has 1 unspecified atom stereocenters. The summed E-state index contributed by atoms with van der Waals surface area (Å²) in [7, 11) is 2.44. The Morgan fingerprint density at radius 3 is 2.09 bits per heavy atom. The molecule has 5 rings (SSSR count). The van der Waals surface area contributed by atoms with E-state index in [9.17, 15) is 14.9 Å². The van der Waals surface area contributed by atoms with Crippen LogP contribution in [0.4, 0.5) is 5.69 Å². The number of benzene rings is 4. The highest BCUT2D eigenvalue weighted by atomic mass is 16.5. The molecule has 43 heavy (non-hydrogen) atoms. The molecule has 0 amide bonds. The number of esters is 2. The summed E-state index contributed by atoms with van der Waals surface area (Å²) in [5.74, 6) is -1.79. The van der Waals surface area contributed by atoms with E-state index in [1.54, 1.807) is 36.4 Å². The molecule has 4 aromatic rings. The quantitative estimate of drug-likeness (QED) is 0.263. The van der Waals surface area contributed by atoms with Crippen molar-refractivity contribution in [3.63, 3.8) is 0 Å². The zero-order valence-electron chi connectivity index (χ0n) is 23.7. The van der Waals surface area contributed by atoms with Gasteiger partial charge in [0.25, 0.3) is 0 Å². The first-order valence-electron chi connectivity index (χ1n) is 13.5. The summed E-state index contributed by atoms with van der Waals surface area (Å²) in [5.41, 5.74) is 10.4. The third-order valence-electron chi connectivity index (χ3n) is 7.15. The zero-order valence-corrected chi connectivity index (χ0v) is 23.7. The molecule has 0 spiro atoms. The van der Waals surface area contributed by atoms with Crippen LogP contribution < -0.4 is 15.4 Å². The number of hydrogen-bond donors (Lipinski definition) is 1. The maximum atomic E-state index is 13.4. The van der Waals surface area contributed by atoms with Gasteiger partial charge in [-0.1, -0.05) is 84.9 Å². The van der Waals surface area contributed by atoms with Gasteiger partial charge in [-0.3, -0.25) is 4.90 Å². The van der Waals surface area contributed by atoms with Crippen molar-refractivity contribution in [2.24, 2.45) is 5.73 Å². The smallest absolute Gasteiger partial charge is 0.355 e. The van der Waals surface area contributed by atoms with Gasteiger partial charge in [-0.2, -0.15) is 5.26 Å².